The fourth-order valence-electron chi connectivity index (χ4n) is 4.11. The molecule has 1 amide bonds. The lowest BCUT2D eigenvalue weighted by Gasteiger charge is -2.31. The van der Waals surface area contributed by atoms with Gasteiger partial charge in [-0.1, -0.05) is 6.92 Å². The molecule has 3 aliphatic rings. The van der Waals surface area contributed by atoms with Crippen LogP contribution in [0.1, 0.15) is 37.3 Å². The van der Waals surface area contributed by atoms with Crippen LogP contribution in [-0.4, -0.2) is 38.3 Å². The maximum atomic E-state index is 13.0. The Morgan fingerprint density at radius 2 is 1.91 bits per heavy atom. The summed E-state index contributed by atoms with van der Waals surface area (Å²) in [5, 5.41) is 0. The van der Waals surface area contributed by atoms with E-state index in [2.05, 4.69) is 6.92 Å². The molecular weight excluding hydrogens is 312 g/mol. The summed E-state index contributed by atoms with van der Waals surface area (Å²) >= 11 is 0. The minimum Gasteiger partial charge on any atom is -0.312 e. The molecule has 0 saturated carbocycles. The number of amides is 1. The number of hydrogen-bond donors (Lipinski definition) is 0. The molecule has 0 unspecified atom stereocenters. The molecule has 1 atom stereocenters. The van der Waals surface area contributed by atoms with Crippen LogP contribution in [0.2, 0.25) is 0 Å². The summed E-state index contributed by atoms with van der Waals surface area (Å²) in [7, 11) is -3.46. The Kier molecular flexibility index (Phi) is 3.50. The van der Waals surface area contributed by atoms with Crippen molar-refractivity contribution in [2.45, 2.75) is 43.9 Å². The van der Waals surface area contributed by atoms with Crippen molar-refractivity contribution in [1.29, 1.82) is 0 Å². The minimum absolute atomic E-state index is 0.0992. The molecule has 0 N–H and O–H groups in total. The van der Waals surface area contributed by atoms with Gasteiger partial charge in [0.15, 0.2) is 0 Å². The van der Waals surface area contributed by atoms with Gasteiger partial charge < -0.3 is 4.90 Å². The van der Waals surface area contributed by atoms with Gasteiger partial charge in [0.25, 0.3) is 0 Å². The quantitative estimate of drug-likeness (QED) is 0.830. The number of carbonyl (C=O) groups excluding carboxylic acids is 1. The van der Waals surface area contributed by atoms with Crippen LogP contribution in [-0.2, 0) is 27.7 Å². The van der Waals surface area contributed by atoms with E-state index in [1.54, 1.807) is 16.4 Å². The fraction of sp³-hybridized carbons (Fsp3) is 0.588. The molecule has 0 aliphatic carbocycles. The van der Waals surface area contributed by atoms with Gasteiger partial charge in [0.2, 0.25) is 15.9 Å². The maximum Gasteiger partial charge on any atom is 0.243 e. The molecule has 1 saturated heterocycles. The van der Waals surface area contributed by atoms with E-state index >= 15 is 0 Å². The van der Waals surface area contributed by atoms with Gasteiger partial charge in [-0.3, -0.25) is 4.79 Å². The van der Waals surface area contributed by atoms with Crippen molar-refractivity contribution >= 4 is 21.6 Å². The monoisotopic (exact) mass is 334 g/mol. The van der Waals surface area contributed by atoms with E-state index in [9.17, 15) is 13.2 Å². The van der Waals surface area contributed by atoms with Crippen molar-refractivity contribution in [2.24, 2.45) is 5.92 Å². The van der Waals surface area contributed by atoms with Crippen molar-refractivity contribution in [3.8, 4) is 0 Å². The zero-order valence-electron chi connectivity index (χ0n) is 13.4. The zero-order valence-corrected chi connectivity index (χ0v) is 14.2. The Bertz CT molecular complexity index is 772. The molecule has 3 heterocycles. The number of anilines is 1. The third-order valence-electron chi connectivity index (χ3n) is 5.24. The molecule has 124 valence electrons. The lowest BCUT2D eigenvalue weighted by Crippen LogP contribution is -2.39. The standard InChI is InChI=1S/C17H22N2O3S/c1-12-4-2-6-18(11-12)23(21,22)15-8-13-5-3-7-19-16(20)10-14(9-15)17(13)19/h8-9,12H,2-7,10-11H2,1H3/t12-/m1/s1. The highest BCUT2D eigenvalue weighted by Gasteiger charge is 2.35. The first kappa shape index (κ1) is 15.1. The highest BCUT2D eigenvalue weighted by atomic mass is 32.2. The summed E-state index contributed by atoms with van der Waals surface area (Å²) < 4.78 is 27.6. The van der Waals surface area contributed by atoms with Gasteiger partial charge in [0.05, 0.1) is 17.0 Å². The molecule has 5 nitrogen and oxygen atoms in total. The summed E-state index contributed by atoms with van der Waals surface area (Å²) in [5.74, 6) is 0.505. The second kappa shape index (κ2) is 5.31. The lowest BCUT2D eigenvalue weighted by molar-refractivity contribution is -0.117. The second-order valence-corrected chi connectivity index (χ2v) is 8.96. The van der Waals surface area contributed by atoms with E-state index in [0.717, 1.165) is 49.0 Å². The van der Waals surface area contributed by atoms with E-state index in [1.807, 2.05) is 4.90 Å². The fourth-order valence-corrected chi connectivity index (χ4v) is 5.81. The van der Waals surface area contributed by atoms with Crippen LogP contribution in [0.15, 0.2) is 17.0 Å². The van der Waals surface area contributed by atoms with Crippen LogP contribution in [0.5, 0.6) is 0 Å². The number of aryl methyl sites for hydroxylation is 1. The number of carbonyl (C=O) groups is 1. The highest BCUT2D eigenvalue weighted by molar-refractivity contribution is 7.89. The minimum atomic E-state index is -3.46. The SMILES string of the molecule is C[C@@H]1CCCN(S(=O)(=O)c2cc3c4c(c2)CC(=O)N4CCC3)C1. The average Bonchev–Trinajstić information content (AvgIpc) is 2.85. The summed E-state index contributed by atoms with van der Waals surface area (Å²) in [4.78, 5) is 14.3. The molecule has 3 aliphatic heterocycles. The van der Waals surface area contributed by atoms with Gasteiger partial charge in [0.1, 0.15) is 0 Å². The van der Waals surface area contributed by atoms with E-state index in [4.69, 9.17) is 0 Å². The first-order valence-corrected chi connectivity index (χ1v) is 9.87. The van der Waals surface area contributed by atoms with Gasteiger partial charge in [-0.25, -0.2) is 8.42 Å². The van der Waals surface area contributed by atoms with Crippen molar-refractivity contribution in [3.63, 3.8) is 0 Å². The molecule has 0 aromatic heterocycles. The Labute approximate surface area is 137 Å². The second-order valence-electron chi connectivity index (χ2n) is 7.03. The molecule has 4 rings (SSSR count). The maximum absolute atomic E-state index is 13.0. The number of sulfonamides is 1. The van der Waals surface area contributed by atoms with Gasteiger partial charge in [-0.15, -0.1) is 0 Å². The van der Waals surface area contributed by atoms with Crippen molar-refractivity contribution in [1.82, 2.24) is 4.31 Å². The van der Waals surface area contributed by atoms with Crippen LogP contribution in [0.4, 0.5) is 5.69 Å². The molecule has 0 radical (unpaired) electrons. The van der Waals surface area contributed by atoms with Gasteiger partial charge in [0, 0.05) is 19.6 Å². The molecule has 6 heteroatoms. The Hall–Kier alpha value is -1.40. The summed E-state index contributed by atoms with van der Waals surface area (Å²) in [6.07, 6.45) is 4.10. The third-order valence-corrected chi connectivity index (χ3v) is 7.08. The van der Waals surface area contributed by atoms with Crippen LogP contribution >= 0.6 is 0 Å². The largest absolute Gasteiger partial charge is 0.312 e. The number of piperidine rings is 1. The number of nitrogens with zero attached hydrogens (tertiary/aromatic N) is 2. The first-order valence-electron chi connectivity index (χ1n) is 8.43. The summed E-state index contributed by atoms with van der Waals surface area (Å²) in [6.45, 7) is 4.06. The van der Waals surface area contributed by atoms with E-state index in [1.165, 1.54) is 0 Å². The molecule has 23 heavy (non-hydrogen) atoms. The van der Waals surface area contributed by atoms with E-state index in [0.29, 0.717) is 30.3 Å². The molecule has 1 aromatic carbocycles. The average molecular weight is 334 g/mol. The van der Waals surface area contributed by atoms with Crippen LogP contribution < -0.4 is 4.90 Å². The first-order chi connectivity index (χ1) is 11.0. The molecular formula is C17H22N2O3S. The summed E-state index contributed by atoms with van der Waals surface area (Å²) in [5.41, 5.74) is 2.88. The lowest BCUT2D eigenvalue weighted by atomic mass is 10.0. The van der Waals surface area contributed by atoms with E-state index in [-0.39, 0.29) is 5.91 Å². The van der Waals surface area contributed by atoms with E-state index < -0.39 is 10.0 Å². The molecule has 1 aromatic rings. The Morgan fingerprint density at radius 3 is 2.70 bits per heavy atom. The van der Waals surface area contributed by atoms with Crippen LogP contribution in [0.25, 0.3) is 0 Å². The smallest absolute Gasteiger partial charge is 0.243 e. The third kappa shape index (κ3) is 2.39. The predicted octanol–water partition coefficient (Wildman–Crippen LogP) is 1.94. The van der Waals surface area contributed by atoms with Crippen LogP contribution in [0.3, 0.4) is 0 Å². The predicted molar refractivity (Wildman–Crippen MR) is 88.0 cm³/mol. The van der Waals surface area contributed by atoms with Crippen molar-refractivity contribution in [2.75, 3.05) is 24.5 Å². The highest BCUT2D eigenvalue weighted by Crippen LogP contribution is 2.39. The number of benzene rings is 1. The van der Waals surface area contributed by atoms with Gasteiger partial charge >= 0.3 is 0 Å². The Morgan fingerprint density at radius 1 is 1.13 bits per heavy atom. The van der Waals surface area contributed by atoms with Crippen molar-refractivity contribution in [3.05, 3.63) is 23.3 Å². The van der Waals surface area contributed by atoms with Crippen molar-refractivity contribution < 1.29 is 13.2 Å². The van der Waals surface area contributed by atoms with Crippen LogP contribution in [0, 0.1) is 5.92 Å². The van der Waals surface area contributed by atoms with Gasteiger partial charge in [-0.05, 0) is 54.9 Å². The topological polar surface area (TPSA) is 57.7 Å². The molecule has 0 spiro atoms. The molecule has 0 bridgehead atoms. The number of hydrogen-bond acceptors (Lipinski definition) is 3. The Balaban J connectivity index is 1.76. The summed E-state index contributed by atoms with van der Waals surface area (Å²) in [6, 6.07) is 3.54. The molecule has 1 fully saturated rings. The van der Waals surface area contributed by atoms with Gasteiger partial charge in [-0.2, -0.15) is 4.31 Å². The zero-order chi connectivity index (χ0) is 16.2. The number of rotatable bonds is 2. The normalized spacial score (nSPS) is 24.8.